The van der Waals surface area contributed by atoms with Gasteiger partial charge in [0.1, 0.15) is 13.2 Å². The first-order chi connectivity index (χ1) is 12.9. The Morgan fingerprint density at radius 1 is 1.15 bits per heavy atom. The maximum absolute atomic E-state index is 12.3. The summed E-state index contributed by atoms with van der Waals surface area (Å²) in [4.78, 5) is 16.7. The Hall–Kier alpha value is -2.69. The number of primary sulfonamides is 1. The Morgan fingerprint density at radius 3 is 2.48 bits per heavy atom. The van der Waals surface area contributed by atoms with E-state index in [0.717, 1.165) is 10.2 Å². The predicted octanol–water partition coefficient (Wildman–Crippen LogP) is 1.90. The normalized spacial score (nSPS) is 13.5. The highest BCUT2D eigenvalue weighted by atomic mass is 32.2. The summed E-state index contributed by atoms with van der Waals surface area (Å²) in [6.07, 6.45) is 0.0869. The molecule has 0 saturated heterocycles. The van der Waals surface area contributed by atoms with Crippen molar-refractivity contribution in [1.82, 2.24) is 4.98 Å². The maximum Gasteiger partial charge on any atom is 0.238 e. The number of carbonyl (C=O) groups is 1. The van der Waals surface area contributed by atoms with Crippen molar-refractivity contribution in [3.63, 3.8) is 0 Å². The topological polar surface area (TPSA) is 121 Å². The van der Waals surface area contributed by atoms with E-state index >= 15 is 0 Å². The molecule has 3 N–H and O–H groups in total. The second kappa shape index (κ2) is 6.80. The number of fused-ring (bicyclic) bond motifs is 2. The van der Waals surface area contributed by atoms with Gasteiger partial charge < -0.3 is 14.8 Å². The lowest BCUT2D eigenvalue weighted by atomic mass is 10.1. The van der Waals surface area contributed by atoms with Crippen LogP contribution in [0.3, 0.4) is 0 Å². The van der Waals surface area contributed by atoms with Crippen LogP contribution in [0.2, 0.25) is 0 Å². The number of benzene rings is 2. The monoisotopic (exact) mass is 405 g/mol. The number of nitrogens with one attached hydrogen (secondary N) is 1. The van der Waals surface area contributed by atoms with E-state index in [2.05, 4.69) is 10.3 Å². The van der Waals surface area contributed by atoms with Gasteiger partial charge in [0.15, 0.2) is 16.6 Å². The molecule has 8 nitrogen and oxygen atoms in total. The first-order valence-electron chi connectivity index (χ1n) is 8.00. The molecule has 1 aromatic heterocycles. The number of nitrogens with two attached hydrogens (primary N) is 1. The fourth-order valence-corrected chi connectivity index (χ4v) is 4.07. The quantitative estimate of drug-likeness (QED) is 0.684. The zero-order valence-corrected chi connectivity index (χ0v) is 15.6. The minimum Gasteiger partial charge on any atom is -0.486 e. The van der Waals surface area contributed by atoms with Gasteiger partial charge in [-0.2, -0.15) is 0 Å². The largest absolute Gasteiger partial charge is 0.486 e. The number of nitrogens with zero attached hydrogens (tertiary/aromatic N) is 1. The highest BCUT2D eigenvalue weighted by molar-refractivity contribution is 7.89. The molecule has 1 aliphatic rings. The fraction of sp³-hybridized carbons (Fsp3) is 0.176. The standard InChI is InChI=1S/C17H15N3O5S2/c18-27(22,23)11-3-1-10(2-4-11)7-16(21)20-17-19-12-8-13-14(9-15(12)26-17)25-6-5-24-13/h1-4,8-9H,5-7H2,(H2,18,22,23)(H,19,20,21). The SMILES string of the molecule is NS(=O)(=O)c1ccc(CC(=O)Nc2nc3cc4c(cc3s2)OCCO4)cc1. The van der Waals surface area contributed by atoms with E-state index in [0.29, 0.717) is 35.4 Å². The van der Waals surface area contributed by atoms with Crippen LogP contribution >= 0.6 is 11.3 Å². The van der Waals surface area contributed by atoms with Gasteiger partial charge in [-0.3, -0.25) is 4.79 Å². The molecule has 0 bridgehead atoms. The van der Waals surface area contributed by atoms with Crippen LogP contribution in [0.15, 0.2) is 41.3 Å². The highest BCUT2D eigenvalue weighted by Crippen LogP contribution is 2.37. The molecule has 0 aliphatic carbocycles. The summed E-state index contributed by atoms with van der Waals surface area (Å²) in [7, 11) is -3.75. The van der Waals surface area contributed by atoms with Crippen molar-refractivity contribution in [3.8, 4) is 11.5 Å². The van der Waals surface area contributed by atoms with Gasteiger partial charge in [0, 0.05) is 12.1 Å². The molecule has 3 aromatic rings. The van der Waals surface area contributed by atoms with Crippen LogP contribution in [0.1, 0.15) is 5.56 Å². The molecule has 0 fully saturated rings. The van der Waals surface area contributed by atoms with Gasteiger partial charge in [-0.25, -0.2) is 18.5 Å². The first kappa shape index (κ1) is 17.7. The van der Waals surface area contributed by atoms with Crippen molar-refractivity contribution in [3.05, 3.63) is 42.0 Å². The molecular formula is C17H15N3O5S2. The van der Waals surface area contributed by atoms with Crippen molar-refractivity contribution in [2.75, 3.05) is 18.5 Å². The number of amides is 1. The molecular weight excluding hydrogens is 390 g/mol. The molecule has 10 heteroatoms. The van der Waals surface area contributed by atoms with Crippen LogP contribution in [0.25, 0.3) is 10.2 Å². The van der Waals surface area contributed by atoms with Crippen molar-refractivity contribution >= 4 is 42.6 Å². The summed E-state index contributed by atoms with van der Waals surface area (Å²) in [6.45, 7) is 1.00. The molecule has 27 heavy (non-hydrogen) atoms. The summed E-state index contributed by atoms with van der Waals surface area (Å²) in [5.74, 6) is 1.06. The average Bonchev–Trinajstić information content (AvgIpc) is 3.00. The summed E-state index contributed by atoms with van der Waals surface area (Å²) in [5, 5.41) is 8.29. The van der Waals surface area contributed by atoms with E-state index < -0.39 is 10.0 Å². The predicted molar refractivity (Wildman–Crippen MR) is 101 cm³/mol. The third-order valence-corrected chi connectivity index (χ3v) is 5.78. The third kappa shape index (κ3) is 3.87. The van der Waals surface area contributed by atoms with Crippen LogP contribution in [0.5, 0.6) is 11.5 Å². The van der Waals surface area contributed by atoms with Crippen molar-refractivity contribution in [2.45, 2.75) is 11.3 Å². The fourth-order valence-electron chi connectivity index (χ4n) is 2.66. The number of hydrogen-bond acceptors (Lipinski definition) is 7. The lowest BCUT2D eigenvalue weighted by molar-refractivity contribution is -0.115. The Morgan fingerprint density at radius 2 is 1.81 bits per heavy atom. The molecule has 1 amide bonds. The number of aromatic nitrogens is 1. The molecule has 2 aromatic carbocycles. The third-order valence-electron chi connectivity index (χ3n) is 3.92. The summed E-state index contributed by atoms with van der Waals surface area (Å²) < 4.78 is 34.5. The van der Waals surface area contributed by atoms with Crippen LogP contribution in [0, 0.1) is 0 Å². The molecule has 2 heterocycles. The molecule has 0 radical (unpaired) electrons. The minimum atomic E-state index is -3.75. The van der Waals surface area contributed by atoms with Crippen LogP contribution in [0.4, 0.5) is 5.13 Å². The van der Waals surface area contributed by atoms with Crippen LogP contribution < -0.4 is 19.9 Å². The van der Waals surface area contributed by atoms with Gasteiger partial charge in [-0.1, -0.05) is 23.5 Å². The van der Waals surface area contributed by atoms with Gasteiger partial charge in [-0.15, -0.1) is 0 Å². The van der Waals surface area contributed by atoms with Gasteiger partial charge >= 0.3 is 0 Å². The number of sulfonamides is 1. The smallest absolute Gasteiger partial charge is 0.238 e. The lowest BCUT2D eigenvalue weighted by Gasteiger charge is -2.17. The molecule has 0 spiro atoms. The molecule has 0 atom stereocenters. The van der Waals surface area contributed by atoms with E-state index in [9.17, 15) is 13.2 Å². The first-order valence-corrected chi connectivity index (χ1v) is 10.4. The van der Waals surface area contributed by atoms with E-state index in [-0.39, 0.29) is 17.2 Å². The van der Waals surface area contributed by atoms with Crippen molar-refractivity contribution < 1.29 is 22.7 Å². The van der Waals surface area contributed by atoms with Crippen molar-refractivity contribution in [2.24, 2.45) is 5.14 Å². The zero-order chi connectivity index (χ0) is 19.0. The number of hydrogen-bond donors (Lipinski definition) is 2. The lowest BCUT2D eigenvalue weighted by Crippen LogP contribution is -2.15. The van der Waals surface area contributed by atoms with E-state index in [4.69, 9.17) is 14.6 Å². The number of thiazole rings is 1. The zero-order valence-electron chi connectivity index (χ0n) is 14.0. The van der Waals surface area contributed by atoms with Gasteiger partial charge in [0.05, 0.1) is 21.5 Å². The Labute approximate surface area is 159 Å². The second-order valence-corrected chi connectivity index (χ2v) is 8.49. The minimum absolute atomic E-state index is 0.00577. The van der Waals surface area contributed by atoms with Crippen molar-refractivity contribution in [1.29, 1.82) is 0 Å². The maximum atomic E-state index is 12.3. The van der Waals surface area contributed by atoms with Crippen LogP contribution in [-0.4, -0.2) is 32.5 Å². The molecule has 0 saturated carbocycles. The van der Waals surface area contributed by atoms with Gasteiger partial charge in [0.2, 0.25) is 15.9 Å². The summed E-state index contributed by atoms with van der Waals surface area (Å²) in [6, 6.07) is 9.51. The average molecular weight is 405 g/mol. The van der Waals surface area contributed by atoms with Gasteiger partial charge in [-0.05, 0) is 17.7 Å². The molecule has 1 aliphatic heterocycles. The molecule has 0 unspecified atom stereocenters. The highest BCUT2D eigenvalue weighted by Gasteiger charge is 2.16. The number of carbonyl (C=O) groups excluding carboxylic acids is 1. The molecule has 4 rings (SSSR count). The van der Waals surface area contributed by atoms with Gasteiger partial charge in [0.25, 0.3) is 0 Å². The van der Waals surface area contributed by atoms with E-state index in [1.54, 1.807) is 18.2 Å². The summed E-state index contributed by atoms with van der Waals surface area (Å²) in [5.41, 5.74) is 1.38. The number of rotatable bonds is 4. The van der Waals surface area contributed by atoms with Crippen LogP contribution in [-0.2, 0) is 21.2 Å². The number of anilines is 1. The Balaban J connectivity index is 1.47. The number of ether oxygens (including phenoxy) is 2. The Bertz CT molecular complexity index is 1080. The van der Waals surface area contributed by atoms with E-state index in [1.165, 1.54) is 23.5 Å². The summed E-state index contributed by atoms with van der Waals surface area (Å²) >= 11 is 1.34. The molecule has 140 valence electrons. The second-order valence-electron chi connectivity index (χ2n) is 5.90. The van der Waals surface area contributed by atoms with E-state index in [1.807, 2.05) is 6.07 Å². The Kier molecular flexibility index (Phi) is 4.46.